The molecule has 2 N–H and O–H groups in total. The molecule has 1 aromatic rings. The molecule has 1 aliphatic rings. The van der Waals surface area contributed by atoms with Crippen molar-refractivity contribution in [3.8, 4) is 5.75 Å². The first-order valence-corrected chi connectivity index (χ1v) is 7.18. The second kappa shape index (κ2) is 5.83. The van der Waals surface area contributed by atoms with Gasteiger partial charge < -0.3 is 9.84 Å². The minimum absolute atomic E-state index is 0.170. The Morgan fingerprint density at radius 2 is 2.10 bits per heavy atom. The summed E-state index contributed by atoms with van der Waals surface area (Å²) >= 11 is 0. The third kappa shape index (κ3) is 2.96. The molecule has 4 nitrogen and oxygen atoms in total. The van der Waals surface area contributed by atoms with Gasteiger partial charge in [-0.1, -0.05) is 13.0 Å². The summed E-state index contributed by atoms with van der Waals surface area (Å²) in [5, 5.41) is 12.7. The van der Waals surface area contributed by atoms with E-state index in [0.29, 0.717) is 6.54 Å². The standard InChI is InChI=1S/C16H23NO3/c1-4-17-16(15(18)19,13-6-7-13)10-20-14-8-5-11(2)12(3)9-14/h5,8-9,13,17H,4,6-7,10H2,1-3H3,(H,18,19). The molecule has 0 spiro atoms. The molecule has 0 amide bonds. The minimum Gasteiger partial charge on any atom is -0.491 e. The topological polar surface area (TPSA) is 58.6 Å². The fraction of sp³-hybridized carbons (Fsp3) is 0.562. The minimum atomic E-state index is -0.951. The van der Waals surface area contributed by atoms with E-state index in [9.17, 15) is 9.90 Å². The van der Waals surface area contributed by atoms with Crippen molar-refractivity contribution in [1.82, 2.24) is 5.32 Å². The average Bonchev–Trinajstić information content (AvgIpc) is 3.23. The molecule has 4 heteroatoms. The first kappa shape index (κ1) is 14.9. The van der Waals surface area contributed by atoms with E-state index in [2.05, 4.69) is 5.32 Å². The molecule has 0 radical (unpaired) electrons. The van der Waals surface area contributed by atoms with Crippen molar-refractivity contribution in [2.24, 2.45) is 5.92 Å². The first-order valence-electron chi connectivity index (χ1n) is 7.18. The highest BCUT2D eigenvalue weighted by atomic mass is 16.5. The van der Waals surface area contributed by atoms with Crippen LogP contribution in [-0.4, -0.2) is 29.8 Å². The summed E-state index contributed by atoms with van der Waals surface area (Å²) in [6.07, 6.45) is 1.91. The van der Waals surface area contributed by atoms with Crippen LogP contribution >= 0.6 is 0 Å². The van der Waals surface area contributed by atoms with E-state index in [0.717, 1.165) is 24.2 Å². The number of carboxylic acids is 1. The fourth-order valence-corrected chi connectivity index (χ4v) is 2.52. The lowest BCUT2D eigenvalue weighted by Gasteiger charge is -2.30. The van der Waals surface area contributed by atoms with Crippen LogP contribution in [0.3, 0.4) is 0 Å². The zero-order chi connectivity index (χ0) is 14.8. The van der Waals surface area contributed by atoms with E-state index in [1.807, 2.05) is 39.0 Å². The Labute approximate surface area is 120 Å². The molecule has 1 aliphatic carbocycles. The van der Waals surface area contributed by atoms with Crippen LogP contribution in [0.5, 0.6) is 5.75 Å². The number of hydrogen-bond donors (Lipinski definition) is 2. The van der Waals surface area contributed by atoms with Gasteiger partial charge in [-0.15, -0.1) is 0 Å². The number of aryl methyl sites for hydroxylation is 2. The Morgan fingerprint density at radius 1 is 1.40 bits per heavy atom. The van der Waals surface area contributed by atoms with Crippen molar-refractivity contribution in [1.29, 1.82) is 0 Å². The van der Waals surface area contributed by atoms with Crippen molar-refractivity contribution in [3.63, 3.8) is 0 Å². The Hall–Kier alpha value is -1.55. The van der Waals surface area contributed by atoms with E-state index in [1.165, 1.54) is 5.56 Å². The van der Waals surface area contributed by atoms with Gasteiger partial charge in [-0.2, -0.15) is 0 Å². The van der Waals surface area contributed by atoms with Gasteiger partial charge in [-0.05, 0) is 62.4 Å². The quantitative estimate of drug-likeness (QED) is 0.804. The van der Waals surface area contributed by atoms with E-state index >= 15 is 0 Å². The maximum Gasteiger partial charge on any atom is 0.327 e. The van der Waals surface area contributed by atoms with Crippen LogP contribution in [0.25, 0.3) is 0 Å². The van der Waals surface area contributed by atoms with E-state index in [-0.39, 0.29) is 12.5 Å². The molecule has 0 aromatic heterocycles. The number of likely N-dealkylation sites (N-methyl/N-ethyl adjacent to an activating group) is 1. The van der Waals surface area contributed by atoms with E-state index < -0.39 is 11.5 Å². The lowest BCUT2D eigenvalue weighted by molar-refractivity contribution is -0.147. The Balaban J connectivity index is 2.11. The van der Waals surface area contributed by atoms with Crippen LogP contribution in [0.1, 0.15) is 30.9 Å². The van der Waals surface area contributed by atoms with Crippen molar-refractivity contribution in [2.45, 2.75) is 39.2 Å². The summed E-state index contributed by atoms with van der Waals surface area (Å²) in [6, 6.07) is 5.85. The SMILES string of the molecule is CCNC(COc1ccc(C)c(C)c1)(C(=O)O)C1CC1. The summed E-state index contributed by atoms with van der Waals surface area (Å²) in [7, 11) is 0. The highest BCUT2D eigenvalue weighted by molar-refractivity contribution is 5.80. The summed E-state index contributed by atoms with van der Waals surface area (Å²) in [6.45, 7) is 6.79. The maximum atomic E-state index is 11.7. The summed E-state index contributed by atoms with van der Waals surface area (Å²) in [5.41, 5.74) is 1.40. The molecule has 1 unspecified atom stereocenters. The summed E-state index contributed by atoms with van der Waals surface area (Å²) < 4.78 is 5.78. The Bertz CT molecular complexity index is 496. The lowest BCUT2D eigenvalue weighted by Crippen LogP contribution is -2.58. The lowest BCUT2D eigenvalue weighted by atomic mass is 9.94. The number of carbonyl (C=O) groups is 1. The Morgan fingerprint density at radius 3 is 2.60 bits per heavy atom. The van der Waals surface area contributed by atoms with E-state index in [4.69, 9.17) is 4.74 Å². The predicted octanol–water partition coefficient (Wildman–Crippen LogP) is 2.53. The first-order chi connectivity index (χ1) is 9.49. The van der Waals surface area contributed by atoms with Crippen LogP contribution in [-0.2, 0) is 4.79 Å². The Kier molecular flexibility index (Phi) is 4.33. The molecule has 1 saturated carbocycles. The molecule has 0 aliphatic heterocycles. The fourth-order valence-electron chi connectivity index (χ4n) is 2.52. The van der Waals surface area contributed by atoms with Crippen LogP contribution in [0.15, 0.2) is 18.2 Å². The van der Waals surface area contributed by atoms with Gasteiger partial charge >= 0.3 is 5.97 Å². The number of ether oxygens (including phenoxy) is 1. The number of nitrogens with one attached hydrogen (secondary N) is 1. The van der Waals surface area contributed by atoms with Gasteiger partial charge in [0, 0.05) is 0 Å². The molecule has 2 rings (SSSR count). The number of carboxylic acid groups (broad SMARTS) is 1. The summed E-state index contributed by atoms with van der Waals surface area (Å²) in [4.78, 5) is 11.7. The van der Waals surface area contributed by atoms with Crippen molar-refractivity contribution >= 4 is 5.97 Å². The van der Waals surface area contributed by atoms with Crippen LogP contribution in [0.2, 0.25) is 0 Å². The van der Waals surface area contributed by atoms with Gasteiger partial charge in [0.15, 0.2) is 5.54 Å². The molecule has 1 fully saturated rings. The van der Waals surface area contributed by atoms with Gasteiger partial charge in [0.25, 0.3) is 0 Å². The normalized spacial score (nSPS) is 17.6. The largest absolute Gasteiger partial charge is 0.491 e. The third-order valence-electron chi connectivity index (χ3n) is 4.09. The molecular weight excluding hydrogens is 254 g/mol. The zero-order valence-electron chi connectivity index (χ0n) is 12.4. The maximum absolute atomic E-state index is 11.7. The predicted molar refractivity (Wildman–Crippen MR) is 78.2 cm³/mol. The molecule has 20 heavy (non-hydrogen) atoms. The van der Waals surface area contributed by atoms with Crippen molar-refractivity contribution in [2.75, 3.05) is 13.2 Å². The van der Waals surface area contributed by atoms with Crippen molar-refractivity contribution < 1.29 is 14.6 Å². The highest BCUT2D eigenvalue weighted by Crippen LogP contribution is 2.40. The molecule has 0 saturated heterocycles. The third-order valence-corrected chi connectivity index (χ3v) is 4.09. The zero-order valence-corrected chi connectivity index (χ0v) is 12.4. The number of aliphatic carboxylic acids is 1. The smallest absolute Gasteiger partial charge is 0.327 e. The van der Waals surface area contributed by atoms with Crippen LogP contribution in [0.4, 0.5) is 0 Å². The van der Waals surface area contributed by atoms with Gasteiger partial charge in [-0.25, -0.2) is 0 Å². The average molecular weight is 277 g/mol. The molecular formula is C16H23NO3. The van der Waals surface area contributed by atoms with Gasteiger partial charge in [-0.3, -0.25) is 10.1 Å². The number of rotatable bonds is 7. The number of benzene rings is 1. The molecule has 0 bridgehead atoms. The van der Waals surface area contributed by atoms with Crippen LogP contribution < -0.4 is 10.1 Å². The van der Waals surface area contributed by atoms with E-state index in [1.54, 1.807) is 0 Å². The molecule has 1 aromatic carbocycles. The molecule has 110 valence electrons. The van der Waals surface area contributed by atoms with Crippen LogP contribution in [0, 0.1) is 19.8 Å². The highest BCUT2D eigenvalue weighted by Gasteiger charge is 2.51. The second-order valence-electron chi connectivity index (χ2n) is 5.62. The molecule has 1 atom stereocenters. The summed E-state index contributed by atoms with van der Waals surface area (Å²) in [5.74, 6) is 0.0921. The second-order valence-corrected chi connectivity index (χ2v) is 5.62. The molecule has 0 heterocycles. The van der Waals surface area contributed by atoms with Gasteiger partial charge in [0.2, 0.25) is 0 Å². The van der Waals surface area contributed by atoms with Crippen molar-refractivity contribution in [3.05, 3.63) is 29.3 Å². The van der Waals surface area contributed by atoms with Gasteiger partial charge in [0.05, 0.1) is 0 Å². The van der Waals surface area contributed by atoms with Gasteiger partial charge in [0.1, 0.15) is 12.4 Å². The number of hydrogen-bond acceptors (Lipinski definition) is 3. The monoisotopic (exact) mass is 277 g/mol.